The minimum Gasteiger partial charge on any atom is -0.395 e. The third-order valence-electron chi connectivity index (χ3n) is 3.17. The Hall–Kier alpha value is -0.120. The first-order chi connectivity index (χ1) is 6.74. The molecule has 0 spiro atoms. The van der Waals surface area contributed by atoms with Crippen LogP contribution in [0.2, 0.25) is 0 Å². The van der Waals surface area contributed by atoms with Crippen molar-refractivity contribution in [3.05, 3.63) is 0 Å². The van der Waals surface area contributed by atoms with Crippen molar-refractivity contribution in [1.82, 2.24) is 10.2 Å². The second kappa shape index (κ2) is 6.38. The van der Waals surface area contributed by atoms with Crippen molar-refractivity contribution in [2.75, 3.05) is 26.7 Å². The largest absolute Gasteiger partial charge is 0.395 e. The Kier molecular flexibility index (Phi) is 5.45. The minimum atomic E-state index is 0.237. The second-order valence-electron chi connectivity index (χ2n) is 4.46. The van der Waals surface area contributed by atoms with Crippen LogP contribution >= 0.6 is 0 Å². The molecular formula is C11H24N2O. The van der Waals surface area contributed by atoms with Crippen LogP contribution in [0.25, 0.3) is 0 Å². The van der Waals surface area contributed by atoms with Crippen LogP contribution in [-0.4, -0.2) is 48.8 Å². The molecule has 14 heavy (non-hydrogen) atoms. The Labute approximate surface area is 87.5 Å². The molecule has 1 heterocycles. The van der Waals surface area contributed by atoms with Crippen LogP contribution in [0.4, 0.5) is 0 Å². The van der Waals surface area contributed by atoms with Crippen LogP contribution in [-0.2, 0) is 0 Å². The van der Waals surface area contributed by atoms with E-state index in [9.17, 15) is 0 Å². The van der Waals surface area contributed by atoms with Gasteiger partial charge in [0.15, 0.2) is 0 Å². The number of nitrogens with zero attached hydrogens (tertiary/aromatic N) is 1. The van der Waals surface area contributed by atoms with Crippen LogP contribution in [0.1, 0.15) is 32.6 Å². The van der Waals surface area contributed by atoms with Crippen LogP contribution in [0.5, 0.6) is 0 Å². The van der Waals surface area contributed by atoms with Crippen molar-refractivity contribution < 1.29 is 5.11 Å². The quantitative estimate of drug-likeness (QED) is 0.690. The van der Waals surface area contributed by atoms with Crippen molar-refractivity contribution in [3.8, 4) is 0 Å². The summed E-state index contributed by atoms with van der Waals surface area (Å²) in [6.07, 6.45) is 5.28. The Morgan fingerprint density at radius 2 is 2.29 bits per heavy atom. The lowest BCUT2D eigenvalue weighted by Crippen LogP contribution is -2.39. The SMILES string of the molecule is CC(CO)NCCC1CCCCN1C. The smallest absolute Gasteiger partial charge is 0.0581 e. The molecule has 2 unspecified atom stereocenters. The van der Waals surface area contributed by atoms with Crippen LogP contribution in [0.15, 0.2) is 0 Å². The van der Waals surface area contributed by atoms with Gasteiger partial charge in [-0.1, -0.05) is 6.42 Å². The van der Waals surface area contributed by atoms with Gasteiger partial charge in [-0.15, -0.1) is 0 Å². The maximum absolute atomic E-state index is 8.85. The number of likely N-dealkylation sites (tertiary alicyclic amines) is 1. The molecule has 2 atom stereocenters. The summed E-state index contributed by atoms with van der Waals surface area (Å²) < 4.78 is 0. The monoisotopic (exact) mass is 200 g/mol. The maximum atomic E-state index is 8.85. The van der Waals surface area contributed by atoms with Crippen LogP contribution < -0.4 is 5.32 Å². The molecule has 1 aliphatic heterocycles. The zero-order chi connectivity index (χ0) is 10.4. The predicted octanol–water partition coefficient (Wildman–Crippen LogP) is 0.831. The zero-order valence-corrected chi connectivity index (χ0v) is 9.50. The fraction of sp³-hybridized carbons (Fsp3) is 1.00. The standard InChI is InChI=1S/C11H24N2O/c1-10(9-14)12-7-6-11-5-3-4-8-13(11)2/h10-12,14H,3-9H2,1-2H3. The first-order valence-electron chi connectivity index (χ1n) is 5.78. The highest BCUT2D eigenvalue weighted by atomic mass is 16.3. The van der Waals surface area contributed by atoms with Crippen LogP contribution in [0, 0.1) is 0 Å². The number of hydrogen-bond acceptors (Lipinski definition) is 3. The lowest BCUT2D eigenvalue weighted by atomic mass is 10.00. The lowest BCUT2D eigenvalue weighted by Gasteiger charge is -2.32. The van der Waals surface area contributed by atoms with E-state index in [4.69, 9.17) is 5.11 Å². The summed E-state index contributed by atoms with van der Waals surface area (Å²) >= 11 is 0. The molecule has 0 radical (unpaired) electrons. The summed E-state index contributed by atoms with van der Waals surface area (Å²) in [5.74, 6) is 0. The van der Waals surface area contributed by atoms with Crippen molar-refractivity contribution >= 4 is 0 Å². The van der Waals surface area contributed by atoms with Crippen molar-refractivity contribution in [1.29, 1.82) is 0 Å². The molecule has 0 bridgehead atoms. The molecule has 84 valence electrons. The number of rotatable bonds is 5. The van der Waals surface area contributed by atoms with Gasteiger partial charge in [0.25, 0.3) is 0 Å². The molecular weight excluding hydrogens is 176 g/mol. The van der Waals surface area contributed by atoms with Crippen LogP contribution in [0.3, 0.4) is 0 Å². The van der Waals surface area contributed by atoms with Crippen molar-refractivity contribution in [2.45, 2.75) is 44.7 Å². The summed E-state index contributed by atoms with van der Waals surface area (Å²) in [5.41, 5.74) is 0. The number of piperidine rings is 1. The topological polar surface area (TPSA) is 35.5 Å². The molecule has 1 saturated heterocycles. The zero-order valence-electron chi connectivity index (χ0n) is 9.50. The highest BCUT2D eigenvalue weighted by molar-refractivity contribution is 4.75. The van der Waals surface area contributed by atoms with E-state index < -0.39 is 0 Å². The average Bonchev–Trinajstić information content (AvgIpc) is 2.20. The lowest BCUT2D eigenvalue weighted by molar-refractivity contribution is 0.172. The molecule has 2 N–H and O–H groups in total. The van der Waals surface area contributed by atoms with Gasteiger partial charge in [0.2, 0.25) is 0 Å². The van der Waals surface area contributed by atoms with Gasteiger partial charge in [-0.05, 0) is 46.3 Å². The van der Waals surface area contributed by atoms with Crippen molar-refractivity contribution in [2.24, 2.45) is 0 Å². The highest BCUT2D eigenvalue weighted by Crippen LogP contribution is 2.16. The highest BCUT2D eigenvalue weighted by Gasteiger charge is 2.17. The fourth-order valence-corrected chi connectivity index (χ4v) is 2.07. The molecule has 1 aliphatic rings. The number of nitrogens with one attached hydrogen (secondary N) is 1. The molecule has 1 rings (SSSR count). The molecule has 0 saturated carbocycles. The summed E-state index contributed by atoms with van der Waals surface area (Å²) in [4.78, 5) is 2.47. The van der Waals surface area contributed by atoms with E-state index in [1.54, 1.807) is 0 Å². The van der Waals surface area contributed by atoms with Gasteiger partial charge in [-0.2, -0.15) is 0 Å². The number of aliphatic hydroxyl groups is 1. The summed E-state index contributed by atoms with van der Waals surface area (Å²) in [7, 11) is 2.22. The Bertz CT molecular complexity index is 152. The molecule has 0 amide bonds. The van der Waals surface area contributed by atoms with E-state index in [0.717, 1.165) is 12.6 Å². The second-order valence-corrected chi connectivity index (χ2v) is 4.46. The molecule has 0 aliphatic carbocycles. The first-order valence-corrected chi connectivity index (χ1v) is 5.78. The molecule has 0 aromatic heterocycles. The van der Waals surface area contributed by atoms with E-state index in [1.807, 2.05) is 6.92 Å². The van der Waals surface area contributed by atoms with Gasteiger partial charge in [0.05, 0.1) is 6.61 Å². The molecule has 1 fully saturated rings. The molecule has 3 heteroatoms. The summed E-state index contributed by atoms with van der Waals surface area (Å²) in [5, 5.41) is 12.2. The minimum absolute atomic E-state index is 0.237. The Morgan fingerprint density at radius 1 is 1.50 bits per heavy atom. The van der Waals surface area contributed by atoms with Gasteiger partial charge in [0.1, 0.15) is 0 Å². The predicted molar refractivity (Wildman–Crippen MR) is 59.4 cm³/mol. The van der Waals surface area contributed by atoms with E-state index in [-0.39, 0.29) is 12.6 Å². The van der Waals surface area contributed by atoms with Gasteiger partial charge in [-0.3, -0.25) is 0 Å². The van der Waals surface area contributed by atoms with Gasteiger partial charge < -0.3 is 15.3 Å². The van der Waals surface area contributed by atoms with E-state index >= 15 is 0 Å². The molecule has 0 aromatic rings. The van der Waals surface area contributed by atoms with Crippen molar-refractivity contribution in [3.63, 3.8) is 0 Å². The Balaban J connectivity index is 2.10. The third-order valence-corrected chi connectivity index (χ3v) is 3.17. The van der Waals surface area contributed by atoms with Gasteiger partial charge >= 0.3 is 0 Å². The third kappa shape index (κ3) is 3.95. The number of hydrogen-bond donors (Lipinski definition) is 2. The average molecular weight is 200 g/mol. The first kappa shape index (κ1) is 12.0. The fourth-order valence-electron chi connectivity index (χ4n) is 2.07. The van der Waals surface area contributed by atoms with Gasteiger partial charge in [-0.25, -0.2) is 0 Å². The normalized spacial score (nSPS) is 26.4. The van der Waals surface area contributed by atoms with E-state index in [1.165, 1.54) is 32.2 Å². The Morgan fingerprint density at radius 3 is 2.93 bits per heavy atom. The van der Waals surface area contributed by atoms with E-state index in [0.29, 0.717) is 0 Å². The van der Waals surface area contributed by atoms with E-state index in [2.05, 4.69) is 17.3 Å². The maximum Gasteiger partial charge on any atom is 0.0581 e. The summed E-state index contributed by atoms with van der Waals surface area (Å²) in [6, 6.07) is 0.992. The molecule has 3 nitrogen and oxygen atoms in total. The summed E-state index contributed by atoms with van der Waals surface area (Å²) in [6.45, 7) is 4.53. The number of aliphatic hydroxyl groups excluding tert-OH is 1. The molecule has 0 aromatic carbocycles. The van der Waals surface area contributed by atoms with Gasteiger partial charge in [0, 0.05) is 12.1 Å².